The van der Waals surface area contributed by atoms with Gasteiger partial charge in [0.1, 0.15) is 10.6 Å². The molecule has 0 radical (unpaired) electrons. The Morgan fingerprint density at radius 1 is 1.24 bits per heavy atom. The van der Waals surface area contributed by atoms with Crippen molar-refractivity contribution in [3.63, 3.8) is 0 Å². The Morgan fingerprint density at radius 2 is 2.14 bits per heavy atom. The van der Waals surface area contributed by atoms with E-state index in [0.29, 0.717) is 5.28 Å². The molecule has 0 aliphatic heterocycles. The monoisotopic (exact) mass is 335 g/mol. The van der Waals surface area contributed by atoms with Crippen molar-refractivity contribution >= 4 is 50.3 Å². The molecule has 0 atom stereocenters. The summed E-state index contributed by atoms with van der Waals surface area (Å²) in [5.74, 6) is 0.836. The number of hydrogen-bond acceptors (Lipinski definition) is 5. The van der Waals surface area contributed by atoms with Crippen molar-refractivity contribution in [1.82, 2.24) is 9.97 Å². The van der Waals surface area contributed by atoms with Crippen LogP contribution >= 0.6 is 34.3 Å². The number of fused-ring (bicyclic) bond motifs is 2. The second kappa shape index (κ2) is 5.23. The minimum Gasteiger partial charge on any atom is -0.364 e. The Kier molecular flexibility index (Phi) is 3.36. The van der Waals surface area contributed by atoms with Crippen molar-refractivity contribution < 1.29 is 0 Å². The highest BCUT2D eigenvalue weighted by Crippen LogP contribution is 2.32. The van der Waals surface area contributed by atoms with Gasteiger partial charge in [0.2, 0.25) is 5.28 Å². The number of anilines is 1. The number of nitrogens with zero attached hydrogens (tertiary/aromatic N) is 2. The highest BCUT2D eigenvalue weighted by Gasteiger charge is 2.15. The van der Waals surface area contributed by atoms with Gasteiger partial charge in [0.15, 0.2) is 0 Å². The van der Waals surface area contributed by atoms with E-state index >= 15 is 0 Å². The van der Waals surface area contributed by atoms with E-state index in [4.69, 9.17) is 11.6 Å². The fraction of sp³-hybridized carbons (Fsp3) is 0.333. The molecule has 3 aromatic rings. The van der Waals surface area contributed by atoms with E-state index in [1.54, 1.807) is 16.2 Å². The molecule has 3 heterocycles. The van der Waals surface area contributed by atoms with Gasteiger partial charge in [-0.2, -0.15) is 0 Å². The van der Waals surface area contributed by atoms with Crippen LogP contribution in [0.3, 0.4) is 0 Å². The molecule has 0 saturated carbocycles. The van der Waals surface area contributed by atoms with E-state index in [1.807, 2.05) is 11.3 Å². The van der Waals surface area contributed by atoms with E-state index < -0.39 is 0 Å². The van der Waals surface area contributed by atoms with Crippen LogP contribution in [0.15, 0.2) is 12.1 Å². The summed E-state index contributed by atoms with van der Waals surface area (Å²) < 4.78 is 0. The normalized spacial score (nSPS) is 13.8. The third kappa shape index (κ3) is 2.54. The molecule has 3 aromatic heterocycles. The number of aryl methyl sites for hydroxylation is 3. The van der Waals surface area contributed by atoms with Gasteiger partial charge in [-0.05, 0) is 55.5 Å². The summed E-state index contributed by atoms with van der Waals surface area (Å²) >= 11 is 9.59. The Labute approximate surface area is 136 Å². The lowest BCUT2D eigenvalue weighted by Crippen LogP contribution is -2.01. The lowest BCUT2D eigenvalue weighted by atomic mass is 10.2. The maximum Gasteiger partial charge on any atom is 0.225 e. The lowest BCUT2D eigenvalue weighted by Gasteiger charge is -2.05. The molecule has 4 rings (SSSR count). The van der Waals surface area contributed by atoms with Crippen LogP contribution in [0.4, 0.5) is 5.82 Å². The molecule has 0 fully saturated rings. The Balaban J connectivity index is 1.61. The van der Waals surface area contributed by atoms with Crippen LogP contribution in [0.2, 0.25) is 5.28 Å². The van der Waals surface area contributed by atoms with Gasteiger partial charge in [-0.15, -0.1) is 22.7 Å². The number of halogens is 1. The van der Waals surface area contributed by atoms with Crippen LogP contribution < -0.4 is 5.32 Å². The van der Waals surface area contributed by atoms with Gasteiger partial charge >= 0.3 is 0 Å². The molecule has 0 unspecified atom stereocenters. The van der Waals surface area contributed by atoms with Gasteiger partial charge in [-0.25, -0.2) is 9.97 Å². The molecule has 0 bridgehead atoms. The standard InChI is InChI=1S/C15H14ClN3S2/c1-8-5-11-13(18-15(16)19-14(11)20-8)17-7-10-6-9-3-2-4-12(9)21-10/h5-6H,2-4,7H2,1H3,(H,17,18,19). The summed E-state index contributed by atoms with van der Waals surface area (Å²) in [5.41, 5.74) is 1.54. The number of nitrogens with one attached hydrogen (secondary N) is 1. The predicted octanol–water partition coefficient (Wildman–Crippen LogP) is 4.82. The van der Waals surface area contributed by atoms with Crippen molar-refractivity contribution in [2.24, 2.45) is 0 Å². The number of rotatable bonds is 3. The zero-order valence-electron chi connectivity index (χ0n) is 11.6. The summed E-state index contributed by atoms with van der Waals surface area (Å²) in [6.45, 7) is 2.88. The first-order valence-electron chi connectivity index (χ1n) is 6.97. The van der Waals surface area contributed by atoms with E-state index in [1.165, 1.54) is 34.6 Å². The third-order valence-electron chi connectivity index (χ3n) is 3.72. The fourth-order valence-electron chi connectivity index (χ4n) is 2.80. The van der Waals surface area contributed by atoms with Gasteiger partial charge in [-0.3, -0.25) is 0 Å². The van der Waals surface area contributed by atoms with E-state index in [2.05, 4.69) is 34.3 Å². The zero-order chi connectivity index (χ0) is 14.4. The highest BCUT2D eigenvalue weighted by atomic mass is 35.5. The average Bonchev–Trinajstić information content (AvgIpc) is 3.08. The first-order valence-corrected chi connectivity index (χ1v) is 8.98. The van der Waals surface area contributed by atoms with E-state index in [-0.39, 0.29) is 0 Å². The predicted molar refractivity (Wildman–Crippen MR) is 90.8 cm³/mol. The molecule has 0 amide bonds. The molecule has 0 aromatic carbocycles. The van der Waals surface area contributed by atoms with Crippen molar-refractivity contribution in [2.75, 3.05) is 5.32 Å². The van der Waals surface area contributed by atoms with Gasteiger partial charge in [0, 0.05) is 14.6 Å². The summed E-state index contributed by atoms with van der Waals surface area (Å²) in [7, 11) is 0. The number of thiophene rings is 2. The van der Waals surface area contributed by atoms with Crippen LogP contribution in [0, 0.1) is 6.92 Å². The molecule has 1 N–H and O–H groups in total. The number of aromatic nitrogens is 2. The smallest absolute Gasteiger partial charge is 0.225 e. The third-order valence-corrected chi connectivity index (χ3v) is 6.07. The van der Waals surface area contributed by atoms with Crippen molar-refractivity contribution in [3.05, 3.63) is 37.6 Å². The summed E-state index contributed by atoms with van der Waals surface area (Å²) in [5, 5.41) is 4.80. The molecular weight excluding hydrogens is 322 g/mol. The molecule has 108 valence electrons. The van der Waals surface area contributed by atoms with Crippen LogP contribution in [-0.2, 0) is 19.4 Å². The minimum absolute atomic E-state index is 0.306. The summed E-state index contributed by atoms with van der Waals surface area (Å²) in [6.07, 6.45) is 3.79. The van der Waals surface area contributed by atoms with E-state index in [0.717, 1.165) is 22.6 Å². The Bertz CT molecular complexity index is 800. The second-order valence-electron chi connectivity index (χ2n) is 5.29. The molecule has 0 saturated heterocycles. The summed E-state index contributed by atoms with van der Waals surface area (Å²) in [4.78, 5) is 13.7. The highest BCUT2D eigenvalue weighted by molar-refractivity contribution is 7.18. The second-order valence-corrected chi connectivity index (χ2v) is 8.08. The largest absolute Gasteiger partial charge is 0.364 e. The molecule has 1 aliphatic rings. The molecule has 6 heteroatoms. The van der Waals surface area contributed by atoms with Gasteiger partial charge < -0.3 is 5.32 Å². The average molecular weight is 336 g/mol. The van der Waals surface area contributed by atoms with Crippen molar-refractivity contribution in [2.45, 2.75) is 32.7 Å². The minimum atomic E-state index is 0.306. The maximum absolute atomic E-state index is 6.02. The number of hydrogen-bond donors (Lipinski definition) is 1. The fourth-order valence-corrected chi connectivity index (χ4v) is 5.10. The zero-order valence-corrected chi connectivity index (χ0v) is 14.0. The van der Waals surface area contributed by atoms with Gasteiger partial charge in [-0.1, -0.05) is 0 Å². The van der Waals surface area contributed by atoms with Crippen LogP contribution in [0.25, 0.3) is 10.2 Å². The van der Waals surface area contributed by atoms with Gasteiger partial charge in [0.05, 0.1) is 11.9 Å². The SMILES string of the molecule is Cc1cc2c(NCc3cc4c(s3)CCC4)nc(Cl)nc2s1. The van der Waals surface area contributed by atoms with Crippen molar-refractivity contribution in [3.8, 4) is 0 Å². The molecular formula is C15H14ClN3S2. The van der Waals surface area contributed by atoms with E-state index in [9.17, 15) is 0 Å². The molecule has 21 heavy (non-hydrogen) atoms. The quantitative estimate of drug-likeness (QED) is 0.697. The van der Waals surface area contributed by atoms with Crippen LogP contribution in [-0.4, -0.2) is 9.97 Å². The Hall–Kier alpha value is -1.17. The lowest BCUT2D eigenvalue weighted by molar-refractivity contribution is 0.913. The van der Waals surface area contributed by atoms with Gasteiger partial charge in [0.25, 0.3) is 0 Å². The van der Waals surface area contributed by atoms with Crippen molar-refractivity contribution in [1.29, 1.82) is 0 Å². The first-order chi connectivity index (χ1) is 10.2. The first kappa shape index (κ1) is 13.5. The topological polar surface area (TPSA) is 37.8 Å². The molecule has 0 spiro atoms. The summed E-state index contributed by atoms with van der Waals surface area (Å²) in [6, 6.07) is 4.45. The van der Waals surface area contributed by atoms with Crippen LogP contribution in [0.1, 0.15) is 26.6 Å². The van der Waals surface area contributed by atoms with Crippen LogP contribution in [0.5, 0.6) is 0 Å². The Morgan fingerprint density at radius 3 is 3.00 bits per heavy atom. The molecule has 3 nitrogen and oxygen atoms in total. The molecule has 1 aliphatic carbocycles. The maximum atomic E-state index is 6.02.